The van der Waals surface area contributed by atoms with Gasteiger partial charge >= 0.3 is 0 Å². The molecule has 1 fully saturated rings. The summed E-state index contributed by atoms with van der Waals surface area (Å²) >= 11 is 0. The molecular formula is C27H33BFN5O3. The molecule has 8 nitrogen and oxygen atoms in total. The number of hydrogen-bond donors (Lipinski definition) is 3. The number of nitrogens with zero attached hydrogens (tertiary/aromatic N) is 3. The van der Waals surface area contributed by atoms with Gasteiger partial charge < -0.3 is 20.9 Å². The molecule has 0 aliphatic carbocycles. The Kier molecular flexibility index (Phi) is 8.19. The number of halogens is 1. The summed E-state index contributed by atoms with van der Waals surface area (Å²) in [6.07, 6.45) is 5.45. The average molecular weight is 505 g/mol. The summed E-state index contributed by atoms with van der Waals surface area (Å²) < 4.78 is 21.2. The summed E-state index contributed by atoms with van der Waals surface area (Å²) in [5, 5.41) is 13.6. The summed E-state index contributed by atoms with van der Waals surface area (Å²) in [5.41, 5.74) is 8.18. The van der Waals surface area contributed by atoms with Crippen molar-refractivity contribution in [3.05, 3.63) is 59.9 Å². The molecular weight excluding hydrogens is 472 g/mol. The Hall–Kier alpha value is -3.37. The van der Waals surface area contributed by atoms with E-state index in [1.165, 1.54) is 18.5 Å². The van der Waals surface area contributed by atoms with Gasteiger partial charge in [-0.05, 0) is 25.0 Å². The van der Waals surface area contributed by atoms with Crippen molar-refractivity contribution in [2.75, 3.05) is 11.1 Å². The first kappa shape index (κ1) is 26.7. The van der Waals surface area contributed by atoms with Crippen LogP contribution in [0.2, 0.25) is 13.6 Å². The van der Waals surface area contributed by atoms with Gasteiger partial charge in [0.1, 0.15) is 5.82 Å². The molecule has 2 aromatic heterocycles. The molecule has 1 aromatic carbocycles. The van der Waals surface area contributed by atoms with Crippen molar-refractivity contribution in [2.24, 2.45) is 5.92 Å². The van der Waals surface area contributed by atoms with E-state index in [1.54, 1.807) is 18.3 Å². The van der Waals surface area contributed by atoms with Gasteiger partial charge in [-0.3, -0.25) is 9.78 Å². The molecule has 3 heterocycles. The van der Waals surface area contributed by atoms with Crippen molar-refractivity contribution in [3.63, 3.8) is 0 Å². The van der Waals surface area contributed by atoms with Crippen molar-refractivity contribution in [3.8, 4) is 11.4 Å². The maximum absolute atomic E-state index is 14.8. The molecule has 4 atom stereocenters. The minimum Gasteiger partial charge on any atom is -0.396 e. The molecule has 10 heteroatoms. The van der Waals surface area contributed by atoms with E-state index in [1.807, 2.05) is 33.6 Å². The summed E-state index contributed by atoms with van der Waals surface area (Å²) in [7, 11) is 0. The van der Waals surface area contributed by atoms with Crippen LogP contribution in [0.3, 0.4) is 0 Å². The van der Waals surface area contributed by atoms with Gasteiger partial charge in [-0.1, -0.05) is 45.1 Å². The van der Waals surface area contributed by atoms with Crippen LogP contribution in [0.5, 0.6) is 0 Å². The van der Waals surface area contributed by atoms with E-state index in [9.17, 15) is 14.3 Å². The first-order chi connectivity index (χ1) is 17.7. The number of nitrogen functional groups attached to an aromatic ring is 1. The van der Waals surface area contributed by atoms with Crippen LogP contribution >= 0.6 is 0 Å². The monoisotopic (exact) mass is 505 g/mol. The Bertz CT molecular complexity index is 1270. The Balaban J connectivity index is 1.65. The second-order valence-corrected chi connectivity index (χ2v) is 9.72. The van der Waals surface area contributed by atoms with Crippen molar-refractivity contribution in [1.29, 1.82) is 0 Å². The van der Waals surface area contributed by atoms with Gasteiger partial charge in [0.2, 0.25) is 0 Å². The molecule has 3 aromatic rings. The number of benzene rings is 1. The number of aliphatic hydroxyl groups excluding tert-OH is 1. The van der Waals surface area contributed by atoms with Crippen LogP contribution < -0.4 is 16.5 Å². The topological polar surface area (TPSA) is 123 Å². The number of carbonyl (C=O) groups is 1. The van der Waals surface area contributed by atoms with E-state index in [-0.39, 0.29) is 41.5 Å². The van der Waals surface area contributed by atoms with Gasteiger partial charge in [-0.15, -0.1) is 0 Å². The number of aliphatic hydroxyl groups is 1. The normalized spacial score (nSPS) is 21.5. The Labute approximate surface area is 217 Å². The number of hydrogen-bond acceptors (Lipinski definition) is 7. The van der Waals surface area contributed by atoms with Crippen LogP contribution in [-0.2, 0) is 4.74 Å². The van der Waals surface area contributed by atoms with Crippen LogP contribution in [-0.4, -0.2) is 44.9 Å². The van der Waals surface area contributed by atoms with E-state index in [0.29, 0.717) is 17.7 Å². The summed E-state index contributed by atoms with van der Waals surface area (Å²) in [6, 6.07) is 6.57. The lowest BCUT2D eigenvalue weighted by atomic mass is 9.48. The van der Waals surface area contributed by atoms with Gasteiger partial charge in [0.15, 0.2) is 18.2 Å². The highest BCUT2D eigenvalue weighted by molar-refractivity contribution is 6.72. The zero-order chi connectivity index (χ0) is 26.7. The third-order valence-corrected chi connectivity index (χ3v) is 7.01. The number of nitrogens with two attached hydrogens (primary N) is 1. The number of carbonyl (C=O) groups excluding carboxylic acids is 1. The van der Waals surface area contributed by atoms with E-state index in [4.69, 9.17) is 10.5 Å². The lowest BCUT2D eigenvalue weighted by molar-refractivity contribution is -0.139. The summed E-state index contributed by atoms with van der Waals surface area (Å²) in [6.45, 7) is 8.00. The lowest BCUT2D eigenvalue weighted by Crippen LogP contribution is -2.40. The molecule has 37 heavy (non-hydrogen) atoms. The SMILES string of the molecule is CCC1OC(c2ccncc2NC(=O)c2nc(-c3c(F)cccc3B(C)C)ncc2N)CC(O)C1CC. The molecule has 1 aliphatic rings. The fourth-order valence-electron chi connectivity index (χ4n) is 5.07. The maximum atomic E-state index is 14.8. The number of nitrogens with one attached hydrogen (secondary N) is 1. The first-order valence-electron chi connectivity index (χ1n) is 12.7. The molecule has 1 aliphatic heterocycles. The lowest BCUT2D eigenvalue weighted by Gasteiger charge is -2.40. The molecule has 0 spiro atoms. The fraction of sp³-hybridized carbons (Fsp3) is 0.407. The highest BCUT2D eigenvalue weighted by atomic mass is 19.1. The third-order valence-electron chi connectivity index (χ3n) is 7.01. The molecule has 1 amide bonds. The number of ether oxygens (including phenoxy) is 1. The van der Waals surface area contributed by atoms with Crippen molar-refractivity contribution >= 4 is 29.5 Å². The summed E-state index contributed by atoms with van der Waals surface area (Å²) in [5.74, 6) is -0.898. The molecule has 4 rings (SSSR count). The minimum absolute atomic E-state index is 0.0205. The zero-order valence-corrected chi connectivity index (χ0v) is 21.6. The number of anilines is 2. The van der Waals surface area contributed by atoms with Crippen LogP contribution in [0.1, 0.15) is 55.3 Å². The van der Waals surface area contributed by atoms with Crippen molar-refractivity contribution in [2.45, 2.75) is 65.1 Å². The van der Waals surface area contributed by atoms with Crippen LogP contribution in [0, 0.1) is 11.7 Å². The highest BCUT2D eigenvalue weighted by Gasteiger charge is 2.37. The van der Waals surface area contributed by atoms with Gasteiger partial charge in [-0.25, -0.2) is 14.4 Å². The second kappa shape index (κ2) is 11.4. The predicted molar refractivity (Wildman–Crippen MR) is 143 cm³/mol. The quantitative estimate of drug-likeness (QED) is 0.413. The molecule has 0 radical (unpaired) electrons. The smallest absolute Gasteiger partial charge is 0.276 e. The van der Waals surface area contributed by atoms with E-state index < -0.39 is 23.9 Å². The molecule has 0 bridgehead atoms. The highest BCUT2D eigenvalue weighted by Crippen LogP contribution is 2.39. The number of pyridine rings is 1. The Morgan fingerprint density at radius 1 is 1.24 bits per heavy atom. The second-order valence-electron chi connectivity index (χ2n) is 9.72. The van der Waals surface area contributed by atoms with Gasteiger partial charge in [0.25, 0.3) is 5.91 Å². The van der Waals surface area contributed by atoms with Gasteiger partial charge in [0.05, 0.1) is 42.1 Å². The van der Waals surface area contributed by atoms with Crippen molar-refractivity contribution < 1.29 is 19.0 Å². The number of rotatable bonds is 7. The van der Waals surface area contributed by atoms with Crippen LogP contribution in [0.4, 0.5) is 15.8 Å². The zero-order valence-electron chi connectivity index (χ0n) is 21.6. The Morgan fingerprint density at radius 2 is 2.03 bits per heavy atom. The molecule has 4 N–H and O–H groups in total. The van der Waals surface area contributed by atoms with Gasteiger partial charge in [0, 0.05) is 29.7 Å². The fourth-order valence-corrected chi connectivity index (χ4v) is 5.07. The van der Waals surface area contributed by atoms with Crippen LogP contribution in [0.25, 0.3) is 11.4 Å². The number of amides is 1. The molecule has 4 unspecified atom stereocenters. The van der Waals surface area contributed by atoms with Crippen LogP contribution in [0.15, 0.2) is 42.9 Å². The summed E-state index contributed by atoms with van der Waals surface area (Å²) in [4.78, 5) is 26.1. The molecule has 194 valence electrons. The predicted octanol–water partition coefficient (Wildman–Crippen LogP) is 4.10. The van der Waals surface area contributed by atoms with Gasteiger partial charge in [-0.2, -0.15) is 0 Å². The molecule has 0 saturated carbocycles. The largest absolute Gasteiger partial charge is 0.396 e. The first-order valence-corrected chi connectivity index (χ1v) is 12.7. The van der Waals surface area contributed by atoms with Crippen molar-refractivity contribution in [1.82, 2.24) is 15.0 Å². The van der Waals surface area contributed by atoms with E-state index in [2.05, 4.69) is 20.3 Å². The number of aromatic nitrogens is 3. The molecule has 1 saturated heterocycles. The minimum atomic E-state index is -0.576. The Morgan fingerprint density at radius 3 is 2.73 bits per heavy atom. The standard InChI is InChI=1S/C27H33BFN5O3/c1-5-15-21(35)12-23(37-22(15)6-2)16-10-11-31-14-20(16)33-27(36)25-19(30)13-32-26(34-25)24-17(28(3)4)8-7-9-18(24)29/h7-11,13-15,21-23,35H,5-6,12,30H2,1-4H3,(H,33,36). The third kappa shape index (κ3) is 5.50. The van der Waals surface area contributed by atoms with E-state index in [0.717, 1.165) is 18.3 Å². The van der Waals surface area contributed by atoms with E-state index >= 15 is 0 Å². The average Bonchev–Trinajstić information content (AvgIpc) is 2.88. The maximum Gasteiger partial charge on any atom is 0.276 e.